The van der Waals surface area contributed by atoms with Gasteiger partial charge in [-0.25, -0.2) is 13.6 Å². The standard InChI is InChI=1S/C20H19ClN2O2S/c1-23-13-15-11-12-16(14-7-3-2-4-8-14)19(20(15)21)17-9-5-6-10-18(17)26(22,24)25/h2-12,23H,13H2,1H3,(H2,22,24,25). The molecule has 0 fully saturated rings. The van der Waals surface area contributed by atoms with Crippen LogP contribution in [0.1, 0.15) is 5.56 Å². The number of hydrogen-bond acceptors (Lipinski definition) is 3. The maximum atomic E-state index is 12.1. The molecule has 134 valence electrons. The summed E-state index contributed by atoms with van der Waals surface area (Å²) in [7, 11) is -2.06. The molecule has 3 N–H and O–H groups in total. The number of halogens is 1. The molecule has 0 amide bonds. The minimum Gasteiger partial charge on any atom is -0.316 e. The third-order valence-electron chi connectivity index (χ3n) is 4.14. The Hall–Kier alpha value is -2.18. The van der Waals surface area contributed by atoms with Gasteiger partial charge in [0, 0.05) is 17.7 Å². The van der Waals surface area contributed by atoms with Crippen LogP contribution in [-0.2, 0) is 16.6 Å². The van der Waals surface area contributed by atoms with E-state index in [0.717, 1.165) is 16.7 Å². The molecule has 6 heteroatoms. The van der Waals surface area contributed by atoms with Crippen LogP contribution in [0, 0.1) is 0 Å². The molecule has 0 aliphatic rings. The molecule has 3 aromatic carbocycles. The van der Waals surface area contributed by atoms with Crippen LogP contribution < -0.4 is 10.5 Å². The second-order valence-electron chi connectivity index (χ2n) is 5.90. The average Bonchev–Trinajstić information content (AvgIpc) is 2.63. The molecular formula is C20H19ClN2O2S. The molecular weight excluding hydrogens is 368 g/mol. The number of hydrogen-bond donors (Lipinski definition) is 2. The van der Waals surface area contributed by atoms with Gasteiger partial charge in [0.1, 0.15) is 0 Å². The third kappa shape index (κ3) is 3.66. The van der Waals surface area contributed by atoms with Crippen molar-refractivity contribution in [3.05, 3.63) is 77.3 Å². The highest BCUT2D eigenvalue weighted by Crippen LogP contribution is 2.41. The molecule has 0 aromatic heterocycles. The lowest BCUT2D eigenvalue weighted by molar-refractivity contribution is 0.598. The van der Waals surface area contributed by atoms with E-state index in [0.29, 0.717) is 22.7 Å². The number of benzene rings is 3. The molecule has 0 radical (unpaired) electrons. The SMILES string of the molecule is CNCc1ccc(-c2ccccc2)c(-c2ccccc2S(N)(=O)=O)c1Cl. The maximum absolute atomic E-state index is 12.1. The van der Waals surface area contributed by atoms with Crippen molar-refractivity contribution in [3.8, 4) is 22.3 Å². The molecule has 26 heavy (non-hydrogen) atoms. The summed E-state index contributed by atoms with van der Waals surface area (Å²) in [4.78, 5) is 0.0562. The van der Waals surface area contributed by atoms with Crippen LogP contribution >= 0.6 is 11.6 Å². The molecule has 0 aliphatic heterocycles. The van der Waals surface area contributed by atoms with Gasteiger partial charge in [-0.2, -0.15) is 0 Å². The van der Waals surface area contributed by atoms with Gasteiger partial charge in [-0.05, 0) is 29.8 Å². The van der Waals surface area contributed by atoms with E-state index in [9.17, 15) is 8.42 Å². The molecule has 0 saturated carbocycles. The van der Waals surface area contributed by atoms with Crippen molar-refractivity contribution >= 4 is 21.6 Å². The van der Waals surface area contributed by atoms with Crippen LogP contribution in [0.3, 0.4) is 0 Å². The molecule has 0 heterocycles. The normalized spacial score (nSPS) is 11.5. The zero-order chi connectivity index (χ0) is 18.7. The average molecular weight is 387 g/mol. The fourth-order valence-electron chi connectivity index (χ4n) is 2.99. The van der Waals surface area contributed by atoms with E-state index in [4.69, 9.17) is 16.7 Å². The summed E-state index contributed by atoms with van der Waals surface area (Å²) >= 11 is 6.72. The van der Waals surface area contributed by atoms with E-state index < -0.39 is 10.0 Å². The van der Waals surface area contributed by atoms with Gasteiger partial charge in [0.25, 0.3) is 0 Å². The quantitative estimate of drug-likeness (QED) is 0.695. The molecule has 3 rings (SSSR count). The van der Waals surface area contributed by atoms with E-state index in [1.54, 1.807) is 18.2 Å². The van der Waals surface area contributed by atoms with E-state index in [1.165, 1.54) is 6.07 Å². The largest absolute Gasteiger partial charge is 0.316 e. The van der Waals surface area contributed by atoms with Crippen LogP contribution in [0.25, 0.3) is 22.3 Å². The van der Waals surface area contributed by atoms with Gasteiger partial charge < -0.3 is 5.32 Å². The Balaban J connectivity index is 2.38. The van der Waals surface area contributed by atoms with Gasteiger partial charge in [-0.15, -0.1) is 0 Å². The van der Waals surface area contributed by atoms with Crippen molar-refractivity contribution < 1.29 is 8.42 Å². The molecule has 0 saturated heterocycles. The fourth-order valence-corrected chi connectivity index (χ4v) is 4.07. The van der Waals surface area contributed by atoms with E-state index in [-0.39, 0.29) is 4.90 Å². The lowest BCUT2D eigenvalue weighted by Gasteiger charge is -2.17. The zero-order valence-electron chi connectivity index (χ0n) is 14.2. The van der Waals surface area contributed by atoms with Gasteiger partial charge in [-0.3, -0.25) is 0 Å². The molecule has 3 aromatic rings. The molecule has 0 unspecified atom stereocenters. The van der Waals surface area contributed by atoms with Crippen LogP contribution in [0.15, 0.2) is 71.6 Å². The Morgan fingerprint density at radius 1 is 0.923 bits per heavy atom. The monoisotopic (exact) mass is 386 g/mol. The van der Waals surface area contributed by atoms with Crippen molar-refractivity contribution in [2.24, 2.45) is 5.14 Å². The number of sulfonamides is 1. The summed E-state index contributed by atoms with van der Waals surface area (Å²) in [6, 6.07) is 20.3. The van der Waals surface area contributed by atoms with Crippen LogP contribution in [0.4, 0.5) is 0 Å². The van der Waals surface area contributed by atoms with Crippen LogP contribution in [0.2, 0.25) is 5.02 Å². The second-order valence-corrected chi connectivity index (χ2v) is 7.81. The molecule has 0 aliphatic carbocycles. The Bertz CT molecular complexity index is 1030. The van der Waals surface area contributed by atoms with Crippen molar-refractivity contribution in [1.82, 2.24) is 5.32 Å². The summed E-state index contributed by atoms with van der Waals surface area (Å²) in [6.07, 6.45) is 0. The maximum Gasteiger partial charge on any atom is 0.238 e. The number of nitrogens with one attached hydrogen (secondary N) is 1. The highest BCUT2D eigenvalue weighted by Gasteiger charge is 2.21. The number of nitrogens with two attached hydrogens (primary N) is 1. The van der Waals surface area contributed by atoms with Crippen LogP contribution in [0.5, 0.6) is 0 Å². The van der Waals surface area contributed by atoms with E-state index >= 15 is 0 Å². The molecule has 0 spiro atoms. The minimum absolute atomic E-state index is 0.0562. The summed E-state index contributed by atoms with van der Waals surface area (Å²) in [5.74, 6) is 0. The highest BCUT2D eigenvalue weighted by atomic mass is 35.5. The smallest absolute Gasteiger partial charge is 0.238 e. The fraction of sp³-hybridized carbons (Fsp3) is 0.100. The van der Waals surface area contributed by atoms with Gasteiger partial charge in [0.15, 0.2) is 0 Å². The van der Waals surface area contributed by atoms with Gasteiger partial charge in [0.2, 0.25) is 10.0 Å². The Labute approximate surface area is 158 Å². The Morgan fingerprint density at radius 2 is 1.58 bits per heavy atom. The first-order valence-electron chi connectivity index (χ1n) is 8.07. The van der Waals surface area contributed by atoms with Crippen molar-refractivity contribution in [3.63, 3.8) is 0 Å². The Morgan fingerprint density at radius 3 is 2.23 bits per heavy atom. The minimum atomic E-state index is -3.90. The van der Waals surface area contributed by atoms with Crippen LogP contribution in [-0.4, -0.2) is 15.5 Å². The number of rotatable bonds is 5. The van der Waals surface area contributed by atoms with Crippen molar-refractivity contribution in [2.45, 2.75) is 11.4 Å². The predicted molar refractivity (Wildman–Crippen MR) is 106 cm³/mol. The summed E-state index contributed by atoms with van der Waals surface area (Å²) in [5, 5.41) is 9.04. The summed E-state index contributed by atoms with van der Waals surface area (Å²) < 4.78 is 24.2. The van der Waals surface area contributed by atoms with Crippen molar-refractivity contribution in [1.29, 1.82) is 0 Å². The van der Waals surface area contributed by atoms with E-state index in [1.807, 2.05) is 49.5 Å². The van der Waals surface area contributed by atoms with Gasteiger partial charge in [0.05, 0.1) is 9.92 Å². The predicted octanol–water partition coefficient (Wildman–Crippen LogP) is 4.04. The first kappa shape index (κ1) is 18.6. The number of primary sulfonamides is 1. The molecule has 4 nitrogen and oxygen atoms in total. The van der Waals surface area contributed by atoms with Gasteiger partial charge in [-0.1, -0.05) is 72.3 Å². The highest BCUT2D eigenvalue weighted by molar-refractivity contribution is 7.89. The third-order valence-corrected chi connectivity index (χ3v) is 5.54. The molecule has 0 bridgehead atoms. The topological polar surface area (TPSA) is 72.2 Å². The lowest BCUT2D eigenvalue weighted by Crippen LogP contribution is -2.14. The first-order chi connectivity index (χ1) is 12.4. The van der Waals surface area contributed by atoms with E-state index in [2.05, 4.69) is 5.32 Å². The second kappa shape index (κ2) is 7.60. The molecule has 0 atom stereocenters. The van der Waals surface area contributed by atoms with Gasteiger partial charge >= 0.3 is 0 Å². The zero-order valence-corrected chi connectivity index (χ0v) is 15.8. The lowest BCUT2D eigenvalue weighted by atomic mass is 9.92. The first-order valence-corrected chi connectivity index (χ1v) is 9.99. The summed E-state index contributed by atoms with van der Waals surface area (Å²) in [5.41, 5.74) is 3.84. The Kier molecular flexibility index (Phi) is 5.44. The summed E-state index contributed by atoms with van der Waals surface area (Å²) in [6.45, 7) is 0.568. The van der Waals surface area contributed by atoms with Crippen molar-refractivity contribution in [2.75, 3.05) is 7.05 Å².